The number of piperidine rings is 1. The van der Waals surface area contributed by atoms with Gasteiger partial charge in [-0.25, -0.2) is 9.97 Å². The van der Waals surface area contributed by atoms with Crippen molar-refractivity contribution in [3.8, 4) is 0 Å². The molecule has 1 atom stereocenters. The molecule has 136 valence electrons. The third-order valence-electron chi connectivity index (χ3n) is 5.75. The van der Waals surface area contributed by atoms with Crippen molar-refractivity contribution in [1.82, 2.24) is 14.9 Å². The van der Waals surface area contributed by atoms with Gasteiger partial charge >= 0.3 is 0 Å². The summed E-state index contributed by atoms with van der Waals surface area (Å²) in [5.74, 6) is 1.09. The van der Waals surface area contributed by atoms with Crippen LogP contribution in [0.1, 0.15) is 31.2 Å². The average Bonchev–Trinajstić information content (AvgIpc) is 3.12. The van der Waals surface area contributed by atoms with Gasteiger partial charge in [-0.2, -0.15) is 0 Å². The third kappa shape index (κ3) is 3.43. The van der Waals surface area contributed by atoms with Crippen LogP contribution >= 0.6 is 0 Å². The monoisotopic (exact) mass is 350 g/mol. The highest BCUT2D eigenvalue weighted by Gasteiger charge is 2.48. The van der Waals surface area contributed by atoms with Crippen LogP contribution in [0.4, 0.5) is 5.95 Å². The number of nitrogens with zero attached hydrogens (tertiary/aromatic N) is 4. The molecule has 2 aliphatic heterocycles. The lowest BCUT2D eigenvalue weighted by atomic mass is 9.78. The maximum absolute atomic E-state index is 13.2. The van der Waals surface area contributed by atoms with E-state index in [1.165, 1.54) is 5.56 Å². The fraction of sp³-hybridized carbons (Fsp3) is 0.476. The van der Waals surface area contributed by atoms with Crippen molar-refractivity contribution in [3.63, 3.8) is 0 Å². The van der Waals surface area contributed by atoms with Crippen LogP contribution < -0.4 is 4.90 Å². The summed E-state index contributed by atoms with van der Waals surface area (Å²) in [5.41, 5.74) is 1.12. The third-order valence-corrected chi connectivity index (χ3v) is 5.75. The Morgan fingerprint density at radius 3 is 2.62 bits per heavy atom. The minimum atomic E-state index is -0.232. The van der Waals surface area contributed by atoms with Gasteiger partial charge in [0.1, 0.15) is 0 Å². The molecule has 3 heterocycles. The highest BCUT2D eigenvalue weighted by molar-refractivity contribution is 5.85. The Bertz CT molecular complexity index is 736. The molecule has 26 heavy (non-hydrogen) atoms. The number of carbonyl (C=O) groups excluding carboxylic acids is 1. The standard InChI is InChI=1S/C21H26N4O/c26-19-21(11-16-25(17-21)20-22-12-6-13-23-20)10-5-15-24(19)14-4-9-18-7-2-1-3-8-18/h1-3,6-8,12-13H,4-5,9-11,14-17H2. The highest BCUT2D eigenvalue weighted by atomic mass is 16.2. The summed E-state index contributed by atoms with van der Waals surface area (Å²) < 4.78 is 0. The smallest absolute Gasteiger partial charge is 0.230 e. The molecule has 0 N–H and O–H groups in total. The first-order valence-electron chi connectivity index (χ1n) is 9.62. The normalized spacial score (nSPS) is 23.0. The fourth-order valence-corrected chi connectivity index (χ4v) is 4.36. The van der Waals surface area contributed by atoms with Gasteiger partial charge in [0.2, 0.25) is 11.9 Å². The summed E-state index contributed by atoms with van der Waals surface area (Å²) in [6, 6.07) is 12.4. The Labute approximate surface area is 155 Å². The molecule has 0 aliphatic carbocycles. The summed E-state index contributed by atoms with van der Waals surface area (Å²) in [5, 5.41) is 0. The molecule has 5 nitrogen and oxygen atoms in total. The summed E-state index contributed by atoms with van der Waals surface area (Å²) in [4.78, 5) is 26.2. The number of aromatic nitrogens is 2. The van der Waals surface area contributed by atoms with Gasteiger partial charge in [-0.05, 0) is 43.7 Å². The lowest BCUT2D eigenvalue weighted by molar-refractivity contribution is -0.145. The Morgan fingerprint density at radius 2 is 1.81 bits per heavy atom. The zero-order valence-corrected chi connectivity index (χ0v) is 15.2. The fourth-order valence-electron chi connectivity index (χ4n) is 4.36. The molecule has 0 saturated carbocycles. The summed E-state index contributed by atoms with van der Waals surface area (Å²) in [6.07, 6.45) is 8.60. The molecule has 1 amide bonds. The van der Waals surface area contributed by atoms with Gasteiger partial charge < -0.3 is 9.80 Å². The Balaban J connectivity index is 1.37. The SMILES string of the molecule is O=C1N(CCCc2ccccc2)CCCC12CCN(c1ncccn1)C2. The zero-order chi connectivity index (χ0) is 17.8. The van der Waals surface area contributed by atoms with Crippen LogP contribution in [0.25, 0.3) is 0 Å². The number of hydrogen-bond acceptors (Lipinski definition) is 4. The van der Waals surface area contributed by atoms with Crippen LogP contribution in [0, 0.1) is 5.41 Å². The van der Waals surface area contributed by atoms with Gasteiger partial charge in [0.25, 0.3) is 0 Å². The average molecular weight is 350 g/mol. The lowest BCUT2D eigenvalue weighted by Crippen LogP contribution is -2.50. The van der Waals surface area contributed by atoms with E-state index in [1.807, 2.05) is 12.1 Å². The highest BCUT2D eigenvalue weighted by Crippen LogP contribution is 2.40. The first-order chi connectivity index (χ1) is 12.8. The minimum absolute atomic E-state index is 0.232. The number of hydrogen-bond donors (Lipinski definition) is 0. The van der Waals surface area contributed by atoms with E-state index in [9.17, 15) is 4.79 Å². The number of benzene rings is 1. The predicted octanol–water partition coefficient (Wildman–Crippen LogP) is 2.93. The second-order valence-electron chi connectivity index (χ2n) is 7.49. The quantitative estimate of drug-likeness (QED) is 0.832. The van der Waals surface area contributed by atoms with Crippen molar-refractivity contribution in [2.75, 3.05) is 31.1 Å². The van der Waals surface area contributed by atoms with Crippen LogP contribution in [0.2, 0.25) is 0 Å². The van der Waals surface area contributed by atoms with Gasteiger partial charge in [-0.1, -0.05) is 30.3 Å². The second kappa shape index (κ2) is 7.44. The van der Waals surface area contributed by atoms with Crippen molar-refractivity contribution in [3.05, 3.63) is 54.4 Å². The van der Waals surface area contributed by atoms with E-state index in [-0.39, 0.29) is 5.41 Å². The van der Waals surface area contributed by atoms with Crippen molar-refractivity contribution in [1.29, 1.82) is 0 Å². The largest absolute Gasteiger partial charge is 0.342 e. The molecule has 2 aromatic rings. The maximum atomic E-state index is 13.2. The predicted molar refractivity (Wildman–Crippen MR) is 102 cm³/mol. The van der Waals surface area contributed by atoms with Crippen molar-refractivity contribution in [2.24, 2.45) is 5.41 Å². The van der Waals surface area contributed by atoms with Gasteiger partial charge in [0.05, 0.1) is 5.41 Å². The van der Waals surface area contributed by atoms with Crippen molar-refractivity contribution in [2.45, 2.75) is 32.1 Å². The second-order valence-corrected chi connectivity index (χ2v) is 7.49. The molecule has 2 saturated heterocycles. The molecule has 2 fully saturated rings. The van der Waals surface area contributed by atoms with Crippen LogP contribution in [0.3, 0.4) is 0 Å². The van der Waals surface area contributed by atoms with Gasteiger partial charge in [-0.3, -0.25) is 4.79 Å². The van der Waals surface area contributed by atoms with E-state index in [0.717, 1.165) is 64.2 Å². The minimum Gasteiger partial charge on any atom is -0.342 e. The molecular weight excluding hydrogens is 324 g/mol. The van der Waals surface area contributed by atoms with Crippen LogP contribution in [0.15, 0.2) is 48.8 Å². The number of likely N-dealkylation sites (tertiary alicyclic amines) is 1. The Morgan fingerprint density at radius 1 is 1.00 bits per heavy atom. The van der Waals surface area contributed by atoms with E-state index in [0.29, 0.717) is 5.91 Å². The molecule has 1 aromatic heterocycles. The topological polar surface area (TPSA) is 49.3 Å². The van der Waals surface area contributed by atoms with E-state index in [1.54, 1.807) is 12.4 Å². The van der Waals surface area contributed by atoms with Crippen molar-refractivity contribution < 1.29 is 4.79 Å². The molecular formula is C21H26N4O. The molecule has 5 heteroatoms. The van der Waals surface area contributed by atoms with Crippen LogP contribution in [-0.4, -0.2) is 47.0 Å². The number of rotatable bonds is 5. The molecule has 2 aliphatic rings. The maximum Gasteiger partial charge on any atom is 0.230 e. The molecule has 1 spiro atoms. The number of aryl methyl sites for hydroxylation is 1. The van der Waals surface area contributed by atoms with E-state index >= 15 is 0 Å². The lowest BCUT2D eigenvalue weighted by Gasteiger charge is -2.39. The first-order valence-corrected chi connectivity index (χ1v) is 9.62. The van der Waals surface area contributed by atoms with Crippen LogP contribution in [0.5, 0.6) is 0 Å². The number of anilines is 1. The summed E-state index contributed by atoms with van der Waals surface area (Å²) in [7, 11) is 0. The van der Waals surface area contributed by atoms with Gasteiger partial charge in [0.15, 0.2) is 0 Å². The van der Waals surface area contributed by atoms with Crippen molar-refractivity contribution >= 4 is 11.9 Å². The zero-order valence-electron chi connectivity index (χ0n) is 15.2. The van der Waals surface area contributed by atoms with Gasteiger partial charge in [0, 0.05) is 38.6 Å². The summed E-state index contributed by atoms with van der Waals surface area (Å²) in [6.45, 7) is 3.38. The summed E-state index contributed by atoms with van der Waals surface area (Å²) >= 11 is 0. The van der Waals surface area contributed by atoms with Gasteiger partial charge in [-0.15, -0.1) is 0 Å². The number of carbonyl (C=O) groups is 1. The molecule has 1 unspecified atom stereocenters. The molecule has 1 aromatic carbocycles. The molecule has 0 bridgehead atoms. The Hall–Kier alpha value is -2.43. The van der Waals surface area contributed by atoms with Crippen LogP contribution in [-0.2, 0) is 11.2 Å². The Kier molecular flexibility index (Phi) is 4.87. The van der Waals surface area contributed by atoms with E-state index in [2.05, 4.69) is 44.0 Å². The van der Waals surface area contributed by atoms with E-state index < -0.39 is 0 Å². The van der Waals surface area contributed by atoms with E-state index in [4.69, 9.17) is 0 Å². The number of amides is 1. The first kappa shape index (κ1) is 17.0. The molecule has 0 radical (unpaired) electrons. The molecule has 4 rings (SSSR count).